The number of hydrogen-bond donors (Lipinski definition) is 0. The van der Waals surface area contributed by atoms with E-state index in [1.54, 1.807) is 32.2 Å². The molecule has 0 fully saturated rings. The first-order valence-electron chi connectivity index (χ1n) is 5.73. The van der Waals surface area contributed by atoms with Crippen LogP contribution in [0.3, 0.4) is 0 Å². The summed E-state index contributed by atoms with van der Waals surface area (Å²) in [5, 5.41) is 10.5. The summed E-state index contributed by atoms with van der Waals surface area (Å²) < 4.78 is 17.7. The Labute approximate surface area is 108 Å². The van der Waals surface area contributed by atoms with Crippen LogP contribution in [0, 0.1) is 0 Å². The predicted molar refractivity (Wildman–Crippen MR) is 64.2 cm³/mol. The lowest BCUT2D eigenvalue weighted by atomic mass is 10.5. The van der Waals surface area contributed by atoms with Crippen molar-refractivity contribution in [2.45, 2.75) is 6.04 Å². The van der Waals surface area contributed by atoms with Gasteiger partial charge < -0.3 is 23.2 Å². The van der Waals surface area contributed by atoms with Gasteiger partial charge in [0.15, 0.2) is 0 Å². The summed E-state index contributed by atoms with van der Waals surface area (Å²) in [7, 11) is 2.19. The average Bonchev–Trinajstić information content (AvgIpc) is 2.78. The number of nitrogens with zero attached hydrogens (tertiary/aromatic N) is 2. The van der Waals surface area contributed by atoms with Gasteiger partial charge in [-0.15, -0.1) is 0 Å². The van der Waals surface area contributed by atoms with E-state index < -0.39 is 14.8 Å². The zero-order valence-electron chi connectivity index (χ0n) is 11.0. The molecule has 1 rings (SSSR count). The molecule has 1 aliphatic rings. The maximum atomic E-state index is 10.5. The summed E-state index contributed by atoms with van der Waals surface area (Å²) in [6.07, 6.45) is 1.80. The highest BCUT2D eigenvalue weighted by Crippen LogP contribution is 2.13. The summed E-state index contributed by atoms with van der Waals surface area (Å²) in [6, 6.07) is 0.659. The average molecular weight is 276 g/mol. The first-order valence-corrected chi connectivity index (χ1v) is 7.67. The van der Waals surface area contributed by atoms with E-state index in [4.69, 9.17) is 13.3 Å². The summed E-state index contributed by atoms with van der Waals surface area (Å²) >= 11 is 0. The Balaban J connectivity index is 2.45. The second-order valence-corrected chi connectivity index (χ2v) is 7.13. The Kier molecular flexibility index (Phi) is 5.73. The summed E-state index contributed by atoms with van der Waals surface area (Å²) in [4.78, 5) is 12.5. The highest BCUT2D eigenvalue weighted by atomic mass is 28.4. The first-order chi connectivity index (χ1) is 8.55. The molecule has 0 amide bonds. The van der Waals surface area contributed by atoms with E-state index in [2.05, 4.69) is 0 Å². The van der Waals surface area contributed by atoms with E-state index in [0.29, 0.717) is 19.1 Å². The van der Waals surface area contributed by atoms with Gasteiger partial charge in [0, 0.05) is 21.3 Å². The van der Waals surface area contributed by atoms with Crippen LogP contribution >= 0.6 is 0 Å². The lowest BCUT2D eigenvalue weighted by Crippen LogP contribution is -2.45. The SMILES string of the molecule is CO[Si](CCN1C=[N+](CC(=O)[O-])CC1)(OC)OC. The third-order valence-corrected chi connectivity index (χ3v) is 5.67. The molecule has 0 spiro atoms. The fourth-order valence-electron chi connectivity index (χ4n) is 1.90. The fourth-order valence-corrected chi connectivity index (χ4v) is 3.57. The van der Waals surface area contributed by atoms with Crippen LogP contribution in [0.2, 0.25) is 6.04 Å². The molecule has 0 radical (unpaired) electrons. The highest BCUT2D eigenvalue weighted by Gasteiger charge is 2.39. The number of rotatable bonds is 8. The monoisotopic (exact) mass is 276 g/mol. The van der Waals surface area contributed by atoms with Crippen molar-refractivity contribution in [3.05, 3.63) is 0 Å². The first kappa shape index (κ1) is 15.1. The van der Waals surface area contributed by atoms with Crippen molar-refractivity contribution >= 4 is 21.1 Å². The maximum absolute atomic E-state index is 10.5. The van der Waals surface area contributed by atoms with Gasteiger partial charge in [0.1, 0.15) is 19.6 Å². The van der Waals surface area contributed by atoms with E-state index in [9.17, 15) is 9.90 Å². The van der Waals surface area contributed by atoms with E-state index in [-0.39, 0.29) is 6.54 Å². The molecular weight excluding hydrogens is 256 g/mol. The Morgan fingerprint density at radius 3 is 2.50 bits per heavy atom. The molecule has 8 heteroatoms. The smallest absolute Gasteiger partial charge is 0.504 e. The third kappa shape index (κ3) is 4.05. The van der Waals surface area contributed by atoms with Gasteiger partial charge in [-0.05, 0) is 0 Å². The van der Waals surface area contributed by atoms with Crippen LogP contribution in [0.1, 0.15) is 0 Å². The minimum atomic E-state index is -2.55. The zero-order valence-corrected chi connectivity index (χ0v) is 12.0. The van der Waals surface area contributed by atoms with Crippen LogP contribution in [-0.2, 0) is 18.1 Å². The zero-order chi connectivity index (χ0) is 13.6. The molecule has 0 bridgehead atoms. The molecule has 0 aliphatic carbocycles. The number of hydrogen-bond acceptors (Lipinski definition) is 6. The molecule has 7 nitrogen and oxygen atoms in total. The van der Waals surface area contributed by atoms with E-state index in [1.165, 1.54) is 0 Å². The van der Waals surface area contributed by atoms with Crippen LogP contribution in [0.25, 0.3) is 0 Å². The molecule has 104 valence electrons. The minimum Gasteiger partial charge on any atom is -0.546 e. The van der Waals surface area contributed by atoms with Crippen molar-refractivity contribution in [3.63, 3.8) is 0 Å². The van der Waals surface area contributed by atoms with Gasteiger partial charge in [0.05, 0.1) is 18.6 Å². The van der Waals surface area contributed by atoms with Crippen LogP contribution < -0.4 is 5.11 Å². The number of carboxylic acids is 1. The molecule has 1 aliphatic heterocycles. The van der Waals surface area contributed by atoms with Crippen molar-refractivity contribution < 1.29 is 27.8 Å². The van der Waals surface area contributed by atoms with Crippen LogP contribution in [-0.4, -0.2) is 78.1 Å². The summed E-state index contributed by atoms with van der Waals surface area (Å²) in [5.41, 5.74) is 0. The number of carbonyl (C=O) groups is 1. The lowest BCUT2D eigenvalue weighted by molar-refractivity contribution is -0.514. The molecule has 0 aromatic carbocycles. The van der Waals surface area contributed by atoms with Gasteiger partial charge in [-0.2, -0.15) is 0 Å². The molecule has 0 saturated carbocycles. The Hall–Kier alpha value is -0.963. The highest BCUT2D eigenvalue weighted by molar-refractivity contribution is 6.60. The number of aliphatic carboxylic acids is 1. The molecule has 0 atom stereocenters. The van der Waals surface area contributed by atoms with Gasteiger partial charge in [-0.1, -0.05) is 0 Å². The molecule has 0 N–H and O–H groups in total. The Morgan fingerprint density at radius 2 is 2.00 bits per heavy atom. The topological polar surface area (TPSA) is 74.1 Å². The number of carboxylic acid groups (broad SMARTS) is 1. The summed E-state index contributed by atoms with van der Waals surface area (Å²) in [6.45, 7) is 2.12. The van der Waals surface area contributed by atoms with Gasteiger partial charge in [0.25, 0.3) is 0 Å². The second kappa shape index (κ2) is 6.83. The van der Waals surface area contributed by atoms with Crippen LogP contribution in [0.5, 0.6) is 0 Å². The lowest BCUT2D eigenvalue weighted by Gasteiger charge is -2.24. The quantitative estimate of drug-likeness (QED) is 0.376. The Bertz CT molecular complexity index is 311. The third-order valence-electron chi connectivity index (χ3n) is 2.97. The Morgan fingerprint density at radius 1 is 1.39 bits per heavy atom. The molecule has 0 aromatic rings. The number of carbonyl (C=O) groups excluding carboxylic acids is 1. The predicted octanol–water partition coefficient (Wildman–Crippen LogP) is -2.03. The second-order valence-electron chi connectivity index (χ2n) is 4.04. The normalized spacial score (nSPS) is 15.9. The van der Waals surface area contributed by atoms with Gasteiger partial charge in [0.2, 0.25) is 6.34 Å². The maximum Gasteiger partial charge on any atom is 0.504 e. The van der Waals surface area contributed by atoms with Gasteiger partial charge in [-0.3, -0.25) is 9.48 Å². The summed E-state index contributed by atoms with van der Waals surface area (Å²) in [5.74, 6) is -1.07. The fraction of sp³-hybridized carbons (Fsp3) is 0.800. The minimum absolute atomic E-state index is 0.0715. The standard InChI is InChI=1S/C10H20N2O5Si/c1-15-18(16-2,17-3)7-6-11-4-5-12(9-11)8-10(13)14/h9H,4-8H2,1-3H3. The van der Waals surface area contributed by atoms with Crippen molar-refractivity contribution in [1.29, 1.82) is 0 Å². The molecule has 0 unspecified atom stereocenters. The van der Waals surface area contributed by atoms with Crippen molar-refractivity contribution in [2.75, 3.05) is 47.5 Å². The van der Waals surface area contributed by atoms with Crippen molar-refractivity contribution in [2.24, 2.45) is 0 Å². The van der Waals surface area contributed by atoms with Crippen molar-refractivity contribution in [1.82, 2.24) is 4.90 Å². The van der Waals surface area contributed by atoms with Crippen LogP contribution in [0.15, 0.2) is 0 Å². The molecule has 0 aromatic heterocycles. The van der Waals surface area contributed by atoms with Crippen molar-refractivity contribution in [3.8, 4) is 0 Å². The van der Waals surface area contributed by atoms with Crippen LogP contribution in [0.4, 0.5) is 0 Å². The van der Waals surface area contributed by atoms with Gasteiger partial charge >= 0.3 is 8.80 Å². The molecule has 1 heterocycles. The molecule has 18 heavy (non-hydrogen) atoms. The molecular formula is C10H20N2O5Si. The van der Waals surface area contributed by atoms with Gasteiger partial charge in [-0.25, -0.2) is 0 Å². The molecule has 0 saturated heterocycles. The van der Waals surface area contributed by atoms with E-state index in [1.807, 2.05) is 4.90 Å². The van der Waals surface area contributed by atoms with E-state index >= 15 is 0 Å². The largest absolute Gasteiger partial charge is 0.546 e. The van der Waals surface area contributed by atoms with E-state index in [0.717, 1.165) is 6.54 Å².